The van der Waals surface area contributed by atoms with Gasteiger partial charge in [-0.1, -0.05) is 0 Å². The molecule has 2 aromatic rings. The first-order chi connectivity index (χ1) is 12.8. The van der Waals surface area contributed by atoms with E-state index in [1.54, 1.807) is 5.38 Å². The average Bonchev–Trinajstić information content (AvgIpc) is 3.29. The first-order valence-electron chi connectivity index (χ1n) is 8.48. The lowest BCUT2D eigenvalue weighted by Gasteiger charge is -2.13. The average molecular weight is 416 g/mol. The number of hydrogen-bond donors (Lipinski definition) is 4. The lowest BCUT2D eigenvalue weighted by molar-refractivity contribution is -0.0151. The number of aliphatic hydroxyl groups excluding tert-OH is 2. The van der Waals surface area contributed by atoms with Crippen LogP contribution >= 0.6 is 11.3 Å². The number of aromatic nitrogens is 2. The molecule has 4 atom stereocenters. The number of rotatable bonds is 7. The van der Waals surface area contributed by atoms with E-state index in [1.165, 1.54) is 30.5 Å². The smallest absolute Gasteiger partial charge is 0.333 e. The largest absolute Gasteiger partial charge is 0.387 e. The van der Waals surface area contributed by atoms with Crippen molar-refractivity contribution in [1.82, 2.24) is 9.97 Å². The van der Waals surface area contributed by atoms with Crippen LogP contribution in [0.5, 0.6) is 0 Å². The number of thiophene rings is 1. The van der Waals surface area contributed by atoms with Crippen molar-refractivity contribution in [3.63, 3.8) is 0 Å². The molecule has 27 heavy (non-hydrogen) atoms. The van der Waals surface area contributed by atoms with Crippen molar-refractivity contribution < 1.29 is 27.6 Å². The van der Waals surface area contributed by atoms with Crippen LogP contribution in [0.15, 0.2) is 11.7 Å². The molecule has 5 N–H and O–H groups in total. The highest BCUT2D eigenvalue weighted by Gasteiger charge is 2.45. The molecule has 10 nitrogen and oxygen atoms in total. The van der Waals surface area contributed by atoms with Crippen LogP contribution in [-0.2, 0) is 19.2 Å². The van der Waals surface area contributed by atoms with Crippen LogP contribution in [0.25, 0.3) is 10.2 Å². The molecule has 0 amide bonds. The quantitative estimate of drug-likeness (QED) is 0.483. The number of nitrogens with zero attached hydrogens (tertiary/aromatic N) is 2. The normalized spacial score (nSPS) is 28.7. The molecule has 12 heteroatoms. The van der Waals surface area contributed by atoms with Gasteiger partial charge >= 0.3 is 10.3 Å². The maximum atomic E-state index is 10.9. The Bertz CT molecular complexity index is 932. The Morgan fingerprint density at radius 3 is 2.81 bits per heavy atom. The second-order valence-electron chi connectivity index (χ2n) is 6.77. The predicted octanol–water partition coefficient (Wildman–Crippen LogP) is -0.105. The maximum absolute atomic E-state index is 10.9. The molecule has 2 aliphatic rings. The maximum Gasteiger partial charge on any atom is 0.333 e. The molecule has 1 aliphatic heterocycles. The number of nitrogens with two attached hydrogens (primary N) is 1. The monoisotopic (exact) mass is 416 g/mol. The SMILES string of the molecule is NS(=O)(=O)OCC1OC(c2csc3c(NCC4CC4)ncnc23)C(O)C1O. The van der Waals surface area contributed by atoms with Crippen LogP contribution < -0.4 is 10.5 Å². The topological polar surface area (TPSA) is 157 Å². The molecule has 0 bridgehead atoms. The Balaban J connectivity index is 1.55. The van der Waals surface area contributed by atoms with Crippen molar-refractivity contribution in [3.05, 3.63) is 17.3 Å². The summed E-state index contributed by atoms with van der Waals surface area (Å²) in [6, 6.07) is 0. The van der Waals surface area contributed by atoms with Gasteiger partial charge in [0.15, 0.2) is 0 Å². The van der Waals surface area contributed by atoms with E-state index in [9.17, 15) is 18.6 Å². The fourth-order valence-corrected chi connectivity index (χ4v) is 4.40. The van der Waals surface area contributed by atoms with E-state index in [0.29, 0.717) is 17.0 Å². The third-order valence-electron chi connectivity index (χ3n) is 4.70. The molecule has 4 unspecified atom stereocenters. The fraction of sp³-hybridized carbons (Fsp3) is 0.600. The Kier molecular flexibility index (Phi) is 5.05. The Morgan fingerprint density at radius 1 is 1.33 bits per heavy atom. The van der Waals surface area contributed by atoms with Crippen molar-refractivity contribution >= 4 is 37.7 Å². The number of nitrogens with one attached hydrogen (secondary N) is 1. The Morgan fingerprint density at radius 2 is 2.11 bits per heavy atom. The zero-order valence-electron chi connectivity index (χ0n) is 14.2. The van der Waals surface area contributed by atoms with Crippen molar-refractivity contribution in [1.29, 1.82) is 0 Å². The highest BCUT2D eigenvalue weighted by molar-refractivity contribution is 7.84. The van der Waals surface area contributed by atoms with Gasteiger partial charge in [-0.2, -0.15) is 8.42 Å². The third kappa shape index (κ3) is 4.06. The van der Waals surface area contributed by atoms with Gasteiger partial charge in [-0.25, -0.2) is 15.1 Å². The van der Waals surface area contributed by atoms with Crippen LogP contribution in [0.4, 0.5) is 5.82 Å². The van der Waals surface area contributed by atoms with Crippen LogP contribution in [0.2, 0.25) is 0 Å². The highest BCUT2D eigenvalue weighted by atomic mass is 32.2. The van der Waals surface area contributed by atoms with Crippen molar-refractivity contribution in [2.75, 3.05) is 18.5 Å². The summed E-state index contributed by atoms with van der Waals surface area (Å²) in [4.78, 5) is 8.59. The minimum atomic E-state index is -4.17. The molecule has 0 aromatic carbocycles. The summed E-state index contributed by atoms with van der Waals surface area (Å²) < 4.78 is 32.9. The van der Waals surface area contributed by atoms with Gasteiger partial charge in [-0.3, -0.25) is 4.18 Å². The van der Waals surface area contributed by atoms with Gasteiger partial charge in [0.2, 0.25) is 0 Å². The molecule has 3 heterocycles. The molecular weight excluding hydrogens is 396 g/mol. The summed E-state index contributed by atoms with van der Waals surface area (Å²) in [5, 5.41) is 30.5. The van der Waals surface area contributed by atoms with Crippen LogP contribution in [0.1, 0.15) is 24.5 Å². The zero-order valence-corrected chi connectivity index (χ0v) is 15.8. The van der Waals surface area contributed by atoms with Gasteiger partial charge in [-0.15, -0.1) is 11.3 Å². The summed E-state index contributed by atoms with van der Waals surface area (Å²) in [5.74, 6) is 1.41. The molecule has 1 saturated heterocycles. The van der Waals surface area contributed by atoms with Crippen LogP contribution in [-0.4, -0.2) is 60.1 Å². The number of hydrogen-bond acceptors (Lipinski definition) is 10. The fourth-order valence-electron chi connectivity index (χ4n) is 3.07. The van der Waals surface area contributed by atoms with Crippen LogP contribution in [0, 0.1) is 5.92 Å². The summed E-state index contributed by atoms with van der Waals surface area (Å²) in [6.07, 6.45) is -0.595. The van der Waals surface area contributed by atoms with Gasteiger partial charge in [0.25, 0.3) is 0 Å². The van der Waals surface area contributed by atoms with Crippen molar-refractivity contribution in [3.8, 4) is 0 Å². The molecule has 1 aliphatic carbocycles. The Hall–Kier alpha value is -1.41. The minimum absolute atomic E-state index is 0.487. The molecule has 148 valence electrons. The molecular formula is C15H20N4O6S2. The van der Waals surface area contributed by atoms with Gasteiger partial charge < -0.3 is 20.3 Å². The van der Waals surface area contributed by atoms with Crippen molar-refractivity contribution in [2.45, 2.75) is 37.3 Å². The lowest BCUT2D eigenvalue weighted by atomic mass is 10.0. The molecule has 4 rings (SSSR count). The number of anilines is 1. The molecule has 2 aromatic heterocycles. The first kappa shape index (κ1) is 18.9. The van der Waals surface area contributed by atoms with Gasteiger partial charge in [0.1, 0.15) is 36.6 Å². The van der Waals surface area contributed by atoms with E-state index < -0.39 is 41.3 Å². The van der Waals surface area contributed by atoms with Gasteiger partial charge in [-0.05, 0) is 24.1 Å². The second-order valence-corrected chi connectivity index (χ2v) is 8.87. The van der Waals surface area contributed by atoms with Gasteiger partial charge in [0, 0.05) is 12.1 Å². The van der Waals surface area contributed by atoms with Crippen LogP contribution in [0.3, 0.4) is 0 Å². The summed E-state index contributed by atoms with van der Waals surface area (Å²) in [5.41, 5.74) is 1.23. The molecule has 0 radical (unpaired) electrons. The molecule has 1 saturated carbocycles. The minimum Gasteiger partial charge on any atom is -0.387 e. The lowest BCUT2D eigenvalue weighted by Crippen LogP contribution is -2.34. The highest BCUT2D eigenvalue weighted by Crippen LogP contribution is 2.40. The van der Waals surface area contributed by atoms with E-state index in [0.717, 1.165) is 17.1 Å². The standard InChI is InChI=1S/C15H20N4O6S2/c16-27(22,23)24-4-9-11(20)12(21)13(25-9)8-5-26-14-10(8)18-6-19-15(14)17-3-7-1-2-7/h5-7,9,11-13,20-21H,1-4H2,(H2,16,22,23)(H,17,18,19). The summed E-state index contributed by atoms with van der Waals surface area (Å²) in [6.45, 7) is 0.367. The van der Waals surface area contributed by atoms with E-state index in [4.69, 9.17) is 9.88 Å². The summed E-state index contributed by atoms with van der Waals surface area (Å²) >= 11 is 1.41. The van der Waals surface area contributed by atoms with Gasteiger partial charge in [0.05, 0.1) is 16.8 Å². The zero-order chi connectivity index (χ0) is 19.2. The molecule has 2 fully saturated rings. The predicted molar refractivity (Wildman–Crippen MR) is 97.3 cm³/mol. The van der Waals surface area contributed by atoms with Crippen molar-refractivity contribution in [2.24, 2.45) is 11.1 Å². The van der Waals surface area contributed by atoms with E-state index in [-0.39, 0.29) is 0 Å². The number of fused-ring (bicyclic) bond motifs is 1. The number of ether oxygens (including phenoxy) is 1. The van der Waals surface area contributed by atoms with E-state index >= 15 is 0 Å². The third-order valence-corrected chi connectivity index (χ3v) is 6.16. The van der Waals surface area contributed by atoms with E-state index in [2.05, 4.69) is 19.5 Å². The van der Waals surface area contributed by atoms with E-state index in [1.807, 2.05) is 0 Å². The number of aliphatic hydroxyl groups is 2. The molecule has 0 spiro atoms. The second kappa shape index (κ2) is 7.20. The first-order valence-corrected chi connectivity index (χ1v) is 10.8. The summed E-state index contributed by atoms with van der Waals surface area (Å²) in [7, 11) is -4.17. The Labute approximate surface area is 159 Å².